The fraction of sp³-hybridized carbons (Fsp3) is 0.417. The molecule has 0 saturated carbocycles. The van der Waals surface area contributed by atoms with E-state index in [4.69, 9.17) is 0 Å². The van der Waals surface area contributed by atoms with Crippen LogP contribution < -0.4 is 0 Å². The molecule has 0 aliphatic rings. The Hall–Kier alpha value is -1.42. The van der Waals surface area contributed by atoms with E-state index in [-0.39, 0.29) is 12.2 Å². The van der Waals surface area contributed by atoms with Gasteiger partial charge in [-0.2, -0.15) is 0 Å². The van der Waals surface area contributed by atoms with Crippen LogP contribution in [0.4, 0.5) is 4.39 Å². The molecule has 1 aromatic rings. The van der Waals surface area contributed by atoms with E-state index in [9.17, 15) is 14.3 Å². The van der Waals surface area contributed by atoms with Crippen LogP contribution in [-0.4, -0.2) is 24.3 Å². The lowest BCUT2D eigenvalue weighted by atomic mass is 10.1. The Morgan fingerprint density at radius 1 is 1.44 bits per heavy atom. The average Bonchev–Trinajstić information content (AvgIpc) is 2.28. The van der Waals surface area contributed by atoms with Crippen molar-refractivity contribution in [2.75, 3.05) is 7.11 Å². The molecule has 0 aliphatic carbocycles. The van der Waals surface area contributed by atoms with E-state index < -0.39 is 12.1 Å². The first-order valence-corrected chi connectivity index (χ1v) is 5.11. The van der Waals surface area contributed by atoms with Gasteiger partial charge in [-0.25, -0.2) is 4.39 Å². The molecule has 1 atom stereocenters. The van der Waals surface area contributed by atoms with Gasteiger partial charge in [0.25, 0.3) is 0 Å². The second-order valence-corrected chi connectivity index (χ2v) is 3.60. The maximum Gasteiger partial charge on any atom is 0.308 e. The van der Waals surface area contributed by atoms with Gasteiger partial charge in [0.2, 0.25) is 0 Å². The van der Waals surface area contributed by atoms with Crippen LogP contribution in [0.5, 0.6) is 0 Å². The van der Waals surface area contributed by atoms with E-state index in [1.165, 1.54) is 19.2 Å². The molecule has 1 unspecified atom stereocenters. The number of aliphatic hydroxyl groups excluding tert-OH is 1. The zero-order valence-electron chi connectivity index (χ0n) is 9.15. The topological polar surface area (TPSA) is 46.5 Å². The van der Waals surface area contributed by atoms with Crippen LogP contribution in [0.25, 0.3) is 0 Å². The maximum absolute atomic E-state index is 12.6. The summed E-state index contributed by atoms with van der Waals surface area (Å²) in [6.07, 6.45) is 0.356. The molecular formula is C12H15FO3. The molecule has 0 aliphatic heterocycles. The highest BCUT2D eigenvalue weighted by Gasteiger charge is 2.10. The first-order chi connectivity index (χ1) is 7.61. The first kappa shape index (κ1) is 12.6. The molecule has 0 fully saturated rings. The van der Waals surface area contributed by atoms with E-state index in [2.05, 4.69) is 4.74 Å². The van der Waals surface area contributed by atoms with Crippen molar-refractivity contribution in [2.24, 2.45) is 0 Å². The lowest BCUT2D eigenvalue weighted by molar-refractivity contribution is -0.142. The van der Waals surface area contributed by atoms with Crippen LogP contribution in [-0.2, 0) is 16.0 Å². The summed E-state index contributed by atoms with van der Waals surface area (Å²) < 4.78 is 17.0. The van der Waals surface area contributed by atoms with Crippen molar-refractivity contribution in [1.29, 1.82) is 0 Å². The summed E-state index contributed by atoms with van der Waals surface area (Å²) in [6, 6.07) is 6.09. The molecule has 4 heteroatoms. The molecule has 0 amide bonds. The number of methoxy groups -OCH3 is 1. The predicted molar refractivity (Wildman–Crippen MR) is 57.4 cm³/mol. The monoisotopic (exact) mass is 226 g/mol. The molecule has 0 heterocycles. The number of esters is 1. The van der Waals surface area contributed by atoms with Crippen LogP contribution in [0.1, 0.15) is 18.4 Å². The third-order valence-electron chi connectivity index (χ3n) is 2.31. The summed E-state index contributed by atoms with van der Waals surface area (Å²) in [5.41, 5.74) is 0.935. The average molecular weight is 226 g/mol. The van der Waals surface area contributed by atoms with Crippen LogP contribution >= 0.6 is 0 Å². The SMILES string of the molecule is COC(=O)CC(O)CCc1ccc(F)cc1. The minimum Gasteiger partial charge on any atom is -0.469 e. The zero-order valence-corrected chi connectivity index (χ0v) is 9.15. The smallest absolute Gasteiger partial charge is 0.308 e. The first-order valence-electron chi connectivity index (χ1n) is 5.11. The number of aryl methyl sites for hydroxylation is 1. The molecule has 88 valence electrons. The van der Waals surface area contributed by atoms with E-state index in [0.29, 0.717) is 12.8 Å². The fourth-order valence-electron chi connectivity index (χ4n) is 1.36. The molecule has 0 aromatic heterocycles. The molecule has 1 rings (SSSR count). The Bertz CT molecular complexity index is 335. The largest absolute Gasteiger partial charge is 0.469 e. The van der Waals surface area contributed by atoms with Crippen molar-refractivity contribution >= 4 is 5.97 Å². The van der Waals surface area contributed by atoms with Crippen molar-refractivity contribution < 1.29 is 19.0 Å². The van der Waals surface area contributed by atoms with Gasteiger partial charge >= 0.3 is 5.97 Å². The predicted octanol–water partition coefficient (Wildman–Crippen LogP) is 1.68. The van der Waals surface area contributed by atoms with Gasteiger partial charge in [0.05, 0.1) is 19.6 Å². The summed E-state index contributed by atoms with van der Waals surface area (Å²) in [7, 11) is 1.29. The number of rotatable bonds is 5. The number of hydrogen-bond acceptors (Lipinski definition) is 3. The van der Waals surface area contributed by atoms with Gasteiger partial charge in [-0.05, 0) is 30.5 Å². The standard InChI is InChI=1S/C12H15FO3/c1-16-12(15)8-11(14)7-4-9-2-5-10(13)6-3-9/h2-3,5-6,11,14H,4,7-8H2,1H3. The Morgan fingerprint density at radius 2 is 2.06 bits per heavy atom. The van der Waals surface area contributed by atoms with Gasteiger partial charge in [0, 0.05) is 0 Å². The van der Waals surface area contributed by atoms with Crippen molar-refractivity contribution in [2.45, 2.75) is 25.4 Å². The molecule has 3 nitrogen and oxygen atoms in total. The minimum absolute atomic E-state index is 0.00229. The zero-order chi connectivity index (χ0) is 12.0. The van der Waals surface area contributed by atoms with Crippen LogP contribution in [0.15, 0.2) is 24.3 Å². The summed E-state index contributed by atoms with van der Waals surface area (Å²) in [5, 5.41) is 9.49. The Labute approximate surface area is 93.9 Å². The van der Waals surface area contributed by atoms with Gasteiger partial charge in [-0.3, -0.25) is 4.79 Å². The summed E-state index contributed by atoms with van der Waals surface area (Å²) in [6.45, 7) is 0. The minimum atomic E-state index is -0.711. The Kier molecular flexibility index (Phi) is 4.92. The third-order valence-corrected chi connectivity index (χ3v) is 2.31. The summed E-state index contributed by atoms with van der Waals surface area (Å²) in [5.74, 6) is -0.703. The highest BCUT2D eigenvalue weighted by Crippen LogP contribution is 2.09. The molecular weight excluding hydrogens is 211 g/mol. The normalized spacial score (nSPS) is 12.2. The molecule has 0 saturated heterocycles. The van der Waals surface area contributed by atoms with E-state index >= 15 is 0 Å². The summed E-state index contributed by atoms with van der Waals surface area (Å²) >= 11 is 0. The number of carbonyl (C=O) groups excluding carboxylic acids is 1. The number of halogens is 1. The number of benzene rings is 1. The van der Waals surface area contributed by atoms with Gasteiger partial charge in [-0.15, -0.1) is 0 Å². The number of hydrogen-bond donors (Lipinski definition) is 1. The van der Waals surface area contributed by atoms with Gasteiger partial charge in [0.1, 0.15) is 5.82 Å². The van der Waals surface area contributed by atoms with Crippen LogP contribution in [0.3, 0.4) is 0 Å². The quantitative estimate of drug-likeness (QED) is 0.777. The van der Waals surface area contributed by atoms with E-state index in [1.54, 1.807) is 12.1 Å². The molecule has 16 heavy (non-hydrogen) atoms. The van der Waals surface area contributed by atoms with Crippen molar-refractivity contribution in [3.8, 4) is 0 Å². The maximum atomic E-state index is 12.6. The number of ether oxygens (including phenoxy) is 1. The number of carbonyl (C=O) groups is 1. The second-order valence-electron chi connectivity index (χ2n) is 3.60. The molecule has 1 aromatic carbocycles. The molecule has 1 N–H and O–H groups in total. The van der Waals surface area contributed by atoms with Crippen LogP contribution in [0, 0.1) is 5.82 Å². The lowest BCUT2D eigenvalue weighted by Gasteiger charge is -2.08. The summed E-state index contributed by atoms with van der Waals surface area (Å²) in [4.78, 5) is 10.8. The molecule has 0 bridgehead atoms. The van der Waals surface area contributed by atoms with Gasteiger partial charge in [0.15, 0.2) is 0 Å². The third kappa shape index (κ3) is 4.40. The van der Waals surface area contributed by atoms with E-state index in [1.807, 2.05) is 0 Å². The fourth-order valence-corrected chi connectivity index (χ4v) is 1.36. The number of aliphatic hydroxyl groups is 1. The van der Waals surface area contributed by atoms with Crippen LogP contribution in [0.2, 0.25) is 0 Å². The second kappa shape index (κ2) is 6.23. The molecule has 0 radical (unpaired) electrons. The van der Waals surface area contributed by atoms with Crippen molar-refractivity contribution in [3.05, 3.63) is 35.6 Å². The van der Waals surface area contributed by atoms with Crippen molar-refractivity contribution in [1.82, 2.24) is 0 Å². The molecule has 0 spiro atoms. The Morgan fingerprint density at radius 3 is 2.62 bits per heavy atom. The lowest BCUT2D eigenvalue weighted by Crippen LogP contribution is -2.15. The van der Waals surface area contributed by atoms with E-state index in [0.717, 1.165) is 5.56 Å². The van der Waals surface area contributed by atoms with Gasteiger partial charge in [-0.1, -0.05) is 12.1 Å². The highest BCUT2D eigenvalue weighted by molar-refractivity contribution is 5.69. The Balaban J connectivity index is 2.34. The van der Waals surface area contributed by atoms with Gasteiger partial charge < -0.3 is 9.84 Å². The highest BCUT2D eigenvalue weighted by atomic mass is 19.1. The van der Waals surface area contributed by atoms with Crippen molar-refractivity contribution in [3.63, 3.8) is 0 Å².